The first-order valence-corrected chi connectivity index (χ1v) is 10.9. The summed E-state index contributed by atoms with van der Waals surface area (Å²) in [6, 6.07) is 36.2. The van der Waals surface area contributed by atoms with Gasteiger partial charge in [-0.2, -0.15) is 10.5 Å². The van der Waals surface area contributed by atoms with Crippen molar-refractivity contribution in [2.45, 2.75) is 0 Å². The first-order chi connectivity index (χ1) is 16.8. The van der Waals surface area contributed by atoms with Gasteiger partial charge in [-0.1, -0.05) is 97.1 Å². The minimum absolute atomic E-state index is 0.430. The molecule has 0 amide bonds. The molecule has 4 heteroatoms. The molecule has 0 spiro atoms. The highest BCUT2D eigenvalue weighted by molar-refractivity contribution is 6.10. The highest BCUT2D eigenvalue weighted by Gasteiger charge is 2.20. The molecule has 6 aromatic rings. The number of fused-ring (bicyclic) bond motifs is 3. The van der Waals surface area contributed by atoms with Crippen molar-refractivity contribution in [2.24, 2.45) is 0 Å². The summed E-state index contributed by atoms with van der Waals surface area (Å²) in [6.07, 6.45) is 0. The molecule has 0 aliphatic heterocycles. The summed E-state index contributed by atoms with van der Waals surface area (Å²) in [5.74, 6) is 0. The fraction of sp³-hybridized carbons (Fsp3) is 0. The summed E-state index contributed by atoms with van der Waals surface area (Å²) in [4.78, 5) is 9.90. The third-order valence-electron chi connectivity index (χ3n) is 6.15. The van der Waals surface area contributed by atoms with Gasteiger partial charge in [0.2, 0.25) is 0 Å². The summed E-state index contributed by atoms with van der Waals surface area (Å²) >= 11 is 0. The number of benzene rings is 4. The van der Waals surface area contributed by atoms with E-state index in [0.717, 1.165) is 33.0 Å². The van der Waals surface area contributed by atoms with E-state index in [2.05, 4.69) is 12.1 Å². The maximum absolute atomic E-state index is 10.2. The number of hydrogen-bond acceptors (Lipinski definition) is 4. The molecule has 0 atom stereocenters. The zero-order valence-electron chi connectivity index (χ0n) is 18.0. The van der Waals surface area contributed by atoms with Crippen LogP contribution in [0.3, 0.4) is 0 Å². The highest BCUT2D eigenvalue weighted by atomic mass is 14.8. The van der Waals surface area contributed by atoms with Gasteiger partial charge in [0.1, 0.15) is 23.2 Å². The van der Waals surface area contributed by atoms with E-state index in [-0.39, 0.29) is 0 Å². The summed E-state index contributed by atoms with van der Waals surface area (Å²) in [5.41, 5.74) is 6.98. The van der Waals surface area contributed by atoms with Crippen molar-refractivity contribution in [2.75, 3.05) is 0 Å². The summed E-state index contributed by atoms with van der Waals surface area (Å²) in [5, 5.41) is 21.9. The SMILES string of the molecule is N#Cc1c2cccc(-c3ccccc3)c2nc2c(C#N)c3cccc(-c4ccccc4)c3nc12. The van der Waals surface area contributed by atoms with Crippen molar-refractivity contribution < 1.29 is 0 Å². The minimum atomic E-state index is 0.430. The van der Waals surface area contributed by atoms with Crippen LogP contribution in [-0.4, -0.2) is 9.97 Å². The lowest BCUT2D eigenvalue weighted by atomic mass is 9.95. The van der Waals surface area contributed by atoms with Crippen molar-refractivity contribution >= 4 is 32.8 Å². The predicted molar refractivity (Wildman–Crippen MR) is 135 cm³/mol. The van der Waals surface area contributed by atoms with Crippen LogP contribution < -0.4 is 0 Å². The Bertz CT molecular complexity index is 1670. The Morgan fingerprint density at radius 2 is 0.853 bits per heavy atom. The molecule has 0 unspecified atom stereocenters. The van der Waals surface area contributed by atoms with Gasteiger partial charge in [-0.25, -0.2) is 9.97 Å². The fourth-order valence-corrected chi connectivity index (χ4v) is 4.59. The number of nitrogens with zero attached hydrogens (tertiary/aromatic N) is 4. The predicted octanol–water partition coefficient (Wildman–Crippen LogP) is 7.01. The number of para-hydroxylation sites is 2. The zero-order chi connectivity index (χ0) is 23.1. The first kappa shape index (κ1) is 19.6. The molecule has 0 saturated heterocycles. The van der Waals surface area contributed by atoms with Crippen LogP contribution in [0.15, 0.2) is 97.1 Å². The molecule has 156 valence electrons. The molecule has 2 heterocycles. The van der Waals surface area contributed by atoms with Gasteiger partial charge in [0.15, 0.2) is 0 Å². The van der Waals surface area contributed by atoms with Crippen LogP contribution in [0.5, 0.6) is 0 Å². The van der Waals surface area contributed by atoms with E-state index < -0.39 is 0 Å². The standard InChI is InChI=1S/C30H16N4/c31-17-25-23-15-7-13-21(19-9-3-1-4-10-19)27(23)33-29-26(18-32)24-16-8-14-22(28(24)34-30(25)29)20-11-5-2-6-12-20/h1-16H. The van der Waals surface area contributed by atoms with E-state index in [1.165, 1.54) is 0 Å². The number of hydrogen-bond donors (Lipinski definition) is 0. The van der Waals surface area contributed by atoms with Crippen LogP contribution >= 0.6 is 0 Å². The smallest absolute Gasteiger partial charge is 0.109 e. The molecule has 0 N–H and O–H groups in total. The number of rotatable bonds is 2. The van der Waals surface area contributed by atoms with Crippen LogP contribution in [0.1, 0.15) is 11.1 Å². The summed E-state index contributed by atoms with van der Waals surface area (Å²) in [6.45, 7) is 0. The second-order valence-corrected chi connectivity index (χ2v) is 8.03. The molecule has 2 aromatic heterocycles. The molecule has 4 aromatic carbocycles. The molecule has 4 nitrogen and oxygen atoms in total. The number of aromatic nitrogens is 2. The lowest BCUT2D eigenvalue weighted by Crippen LogP contribution is -1.98. The van der Waals surface area contributed by atoms with Crippen molar-refractivity contribution in [1.82, 2.24) is 9.97 Å². The van der Waals surface area contributed by atoms with Gasteiger partial charge in [0.05, 0.1) is 22.2 Å². The molecule has 6 rings (SSSR count). The molecular weight excluding hydrogens is 416 g/mol. The Hall–Kier alpha value is -5.06. The highest BCUT2D eigenvalue weighted by Crippen LogP contribution is 2.37. The van der Waals surface area contributed by atoms with Crippen LogP contribution in [0, 0.1) is 22.7 Å². The van der Waals surface area contributed by atoms with E-state index in [4.69, 9.17) is 9.97 Å². The van der Waals surface area contributed by atoms with Crippen LogP contribution in [0.2, 0.25) is 0 Å². The van der Waals surface area contributed by atoms with Crippen molar-refractivity contribution in [3.8, 4) is 34.4 Å². The lowest BCUT2D eigenvalue weighted by molar-refractivity contribution is 1.39. The maximum atomic E-state index is 10.2. The van der Waals surface area contributed by atoms with Gasteiger partial charge in [0.25, 0.3) is 0 Å². The molecule has 0 aliphatic carbocycles. The van der Waals surface area contributed by atoms with E-state index in [9.17, 15) is 10.5 Å². The molecule has 0 aliphatic rings. The van der Waals surface area contributed by atoms with Crippen LogP contribution in [0.25, 0.3) is 55.1 Å². The average Bonchev–Trinajstić information content (AvgIpc) is 2.91. The van der Waals surface area contributed by atoms with E-state index in [0.29, 0.717) is 33.2 Å². The van der Waals surface area contributed by atoms with E-state index in [1.54, 1.807) is 0 Å². The van der Waals surface area contributed by atoms with Gasteiger partial charge in [-0.15, -0.1) is 0 Å². The van der Waals surface area contributed by atoms with Gasteiger partial charge in [-0.05, 0) is 11.1 Å². The monoisotopic (exact) mass is 432 g/mol. The fourth-order valence-electron chi connectivity index (χ4n) is 4.59. The number of pyridine rings is 2. The first-order valence-electron chi connectivity index (χ1n) is 10.9. The Morgan fingerprint density at radius 3 is 1.24 bits per heavy atom. The largest absolute Gasteiger partial charge is 0.244 e. The Kier molecular flexibility index (Phi) is 4.51. The van der Waals surface area contributed by atoms with Gasteiger partial charge >= 0.3 is 0 Å². The van der Waals surface area contributed by atoms with E-state index in [1.807, 2.05) is 97.1 Å². The maximum Gasteiger partial charge on any atom is 0.109 e. The third kappa shape index (κ3) is 2.91. The van der Waals surface area contributed by atoms with Gasteiger partial charge in [-0.3, -0.25) is 0 Å². The normalized spacial score (nSPS) is 10.9. The molecule has 0 fully saturated rings. The second kappa shape index (κ2) is 7.81. The minimum Gasteiger partial charge on any atom is -0.244 e. The average molecular weight is 432 g/mol. The quantitative estimate of drug-likeness (QED) is 0.276. The lowest BCUT2D eigenvalue weighted by Gasteiger charge is -2.13. The Balaban J connectivity index is 1.79. The molecule has 0 saturated carbocycles. The summed E-state index contributed by atoms with van der Waals surface area (Å²) in [7, 11) is 0. The molecule has 0 radical (unpaired) electrons. The molecule has 0 bridgehead atoms. The van der Waals surface area contributed by atoms with E-state index >= 15 is 0 Å². The molecule has 34 heavy (non-hydrogen) atoms. The zero-order valence-corrected chi connectivity index (χ0v) is 18.0. The van der Waals surface area contributed by atoms with Crippen molar-refractivity contribution in [3.05, 3.63) is 108 Å². The van der Waals surface area contributed by atoms with Gasteiger partial charge in [0, 0.05) is 21.9 Å². The van der Waals surface area contributed by atoms with Crippen molar-refractivity contribution in [3.63, 3.8) is 0 Å². The third-order valence-corrected chi connectivity index (χ3v) is 6.15. The Labute approximate surface area is 196 Å². The number of nitriles is 2. The topological polar surface area (TPSA) is 73.4 Å². The van der Waals surface area contributed by atoms with Gasteiger partial charge < -0.3 is 0 Å². The Morgan fingerprint density at radius 1 is 0.441 bits per heavy atom. The van der Waals surface area contributed by atoms with Crippen LogP contribution in [-0.2, 0) is 0 Å². The molecular formula is C30H16N4. The van der Waals surface area contributed by atoms with Crippen LogP contribution in [0.4, 0.5) is 0 Å². The second-order valence-electron chi connectivity index (χ2n) is 8.03. The van der Waals surface area contributed by atoms with Crippen molar-refractivity contribution in [1.29, 1.82) is 10.5 Å². The summed E-state index contributed by atoms with van der Waals surface area (Å²) < 4.78 is 0.